The smallest absolute Gasteiger partial charge is 0.213 e. The highest BCUT2D eigenvalue weighted by atomic mass is 35.5. The third-order valence-electron chi connectivity index (χ3n) is 2.98. The molecule has 2 rings (SSSR count). The van der Waals surface area contributed by atoms with Gasteiger partial charge >= 0.3 is 0 Å². The van der Waals surface area contributed by atoms with E-state index in [1.807, 2.05) is 6.92 Å². The molecule has 1 N–H and O–H groups in total. The Morgan fingerprint density at radius 3 is 2.50 bits per heavy atom. The fourth-order valence-electron chi connectivity index (χ4n) is 1.90. The van der Waals surface area contributed by atoms with Gasteiger partial charge in [0, 0.05) is 6.42 Å². The molecule has 106 valence electrons. The first-order valence-electron chi connectivity index (χ1n) is 6.63. The first-order valence-corrected chi connectivity index (χ1v) is 7.42. The Labute approximate surface area is 129 Å². The van der Waals surface area contributed by atoms with Gasteiger partial charge in [0.25, 0.3) is 0 Å². The van der Waals surface area contributed by atoms with Crippen molar-refractivity contribution in [3.8, 4) is 0 Å². The molecule has 0 radical (unpaired) electrons. The fourth-order valence-corrected chi connectivity index (χ4v) is 2.46. The number of H-pyrrole nitrogens is 1. The van der Waals surface area contributed by atoms with E-state index in [1.165, 1.54) is 11.1 Å². The molecule has 0 aliphatic rings. The molecule has 0 aliphatic heterocycles. The number of hydrogen-bond acceptors (Lipinski definition) is 3. The maximum absolute atomic E-state index is 6.10. The Bertz CT molecular complexity index is 592. The average molecular weight is 309 g/mol. The predicted molar refractivity (Wildman–Crippen MR) is 85.5 cm³/mol. The van der Waals surface area contributed by atoms with Crippen molar-refractivity contribution in [2.24, 2.45) is 0 Å². The summed E-state index contributed by atoms with van der Waals surface area (Å²) in [5.41, 5.74) is 3.02. The van der Waals surface area contributed by atoms with E-state index in [2.05, 4.69) is 41.2 Å². The van der Waals surface area contributed by atoms with Gasteiger partial charge in [0.05, 0.1) is 6.61 Å². The summed E-state index contributed by atoms with van der Waals surface area (Å²) >= 11 is 11.2. The van der Waals surface area contributed by atoms with Gasteiger partial charge in [-0.2, -0.15) is 0 Å². The summed E-state index contributed by atoms with van der Waals surface area (Å²) < 4.78 is 5.27. The number of hydrogen-bond donors (Lipinski definition) is 1. The van der Waals surface area contributed by atoms with Crippen LogP contribution < -0.4 is 0 Å². The summed E-state index contributed by atoms with van der Waals surface area (Å²) in [5, 5.41) is 0.768. The van der Waals surface area contributed by atoms with Crippen LogP contribution in [0.1, 0.15) is 36.5 Å². The molecule has 0 fully saturated rings. The molecule has 5 heteroatoms. The first-order chi connectivity index (χ1) is 9.63. The van der Waals surface area contributed by atoms with Gasteiger partial charge in [-0.15, -0.1) is 0 Å². The monoisotopic (exact) mass is 308 g/mol. The molecular weight excluding hydrogens is 292 g/mol. The molecule has 0 unspecified atom stereocenters. The highest BCUT2D eigenvalue weighted by Crippen LogP contribution is 2.17. The number of aromatic amines is 1. The van der Waals surface area contributed by atoms with Crippen molar-refractivity contribution in [2.75, 3.05) is 6.61 Å². The molecule has 20 heavy (non-hydrogen) atoms. The topological polar surface area (TPSA) is 37.9 Å². The SMILES string of the molecule is CCOC(=S)c1nc(Cc2ccc(CC)cc2)[nH]c1Cl. The lowest BCUT2D eigenvalue weighted by Gasteiger charge is -2.01. The van der Waals surface area contributed by atoms with E-state index in [0.29, 0.717) is 28.9 Å². The molecule has 0 spiro atoms. The van der Waals surface area contributed by atoms with Crippen LogP contribution >= 0.6 is 23.8 Å². The minimum absolute atomic E-state index is 0.335. The van der Waals surface area contributed by atoms with Crippen molar-refractivity contribution in [1.29, 1.82) is 0 Å². The van der Waals surface area contributed by atoms with Crippen LogP contribution in [0.3, 0.4) is 0 Å². The molecule has 0 bridgehead atoms. The third-order valence-corrected chi connectivity index (χ3v) is 3.56. The normalized spacial score (nSPS) is 10.6. The molecule has 0 amide bonds. The lowest BCUT2D eigenvalue weighted by Crippen LogP contribution is -2.04. The number of ether oxygens (including phenoxy) is 1. The highest BCUT2D eigenvalue weighted by Gasteiger charge is 2.14. The number of aryl methyl sites for hydroxylation is 1. The van der Waals surface area contributed by atoms with Crippen molar-refractivity contribution in [2.45, 2.75) is 26.7 Å². The van der Waals surface area contributed by atoms with E-state index < -0.39 is 0 Å². The molecule has 0 saturated carbocycles. The van der Waals surface area contributed by atoms with Crippen molar-refractivity contribution in [1.82, 2.24) is 9.97 Å². The fraction of sp³-hybridized carbons (Fsp3) is 0.333. The van der Waals surface area contributed by atoms with E-state index in [9.17, 15) is 0 Å². The van der Waals surface area contributed by atoms with Crippen molar-refractivity contribution < 1.29 is 4.74 Å². The second-order valence-electron chi connectivity index (χ2n) is 4.41. The zero-order valence-corrected chi connectivity index (χ0v) is 13.1. The summed E-state index contributed by atoms with van der Waals surface area (Å²) in [7, 11) is 0. The standard InChI is InChI=1S/C15H17ClN2OS/c1-3-10-5-7-11(8-6-10)9-12-17-13(14(16)18-12)15(20)19-4-2/h5-8H,3-4,9H2,1-2H3,(H,17,18). The number of nitrogens with one attached hydrogen (secondary N) is 1. The molecule has 1 aromatic carbocycles. The highest BCUT2D eigenvalue weighted by molar-refractivity contribution is 7.80. The minimum Gasteiger partial charge on any atom is -0.482 e. The van der Waals surface area contributed by atoms with Crippen LogP contribution in [0, 0.1) is 0 Å². The van der Waals surface area contributed by atoms with Gasteiger partial charge < -0.3 is 9.72 Å². The lowest BCUT2D eigenvalue weighted by atomic mass is 10.1. The Morgan fingerprint density at radius 2 is 1.90 bits per heavy atom. The van der Waals surface area contributed by atoms with Gasteiger partial charge in [0.2, 0.25) is 5.05 Å². The van der Waals surface area contributed by atoms with Gasteiger partial charge in [0.15, 0.2) is 5.69 Å². The number of halogens is 1. The van der Waals surface area contributed by atoms with Gasteiger partial charge in [-0.3, -0.25) is 0 Å². The van der Waals surface area contributed by atoms with Gasteiger partial charge in [0.1, 0.15) is 11.0 Å². The zero-order chi connectivity index (χ0) is 14.5. The van der Waals surface area contributed by atoms with Crippen LogP contribution in [0.5, 0.6) is 0 Å². The van der Waals surface area contributed by atoms with Gasteiger partial charge in [-0.25, -0.2) is 4.98 Å². The summed E-state index contributed by atoms with van der Waals surface area (Å²) in [6.45, 7) is 4.53. The molecular formula is C15H17ClN2OS. The number of benzene rings is 1. The van der Waals surface area contributed by atoms with Crippen LogP contribution in [-0.4, -0.2) is 21.6 Å². The largest absolute Gasteiger partial charge is 0.482 e. The lowest BCUT2D eigenvalue weighted by molar-refractivity contribution is 0.336. The quantitative estimate of drug-likeness (QED) is 0.851. The molecule has 1 aromatic heterocycles. The van der Waals surface area contributed by atoms with E-state index in [1.54, 1.807) is 0 Å². The number of imidazole rings is 1. The number of nitrogens with zero attached hydrogens (tertiary/aromatic N) is 1. The summed E-state index contributed by atoms with van der Waals surface area (Å²) in [4.78, 5) is 7.46. The van der Waals surface area contributed by atoms with Crippen LogP contribution in [0.15, 0.2) is 24.3 Å². The Morgan fingerprint density at radius 1 is 1.25 bits per heavy atom. The third kappa shape index (κ3) is 3.58. The molecule has 3 nitrogen and oxygen atoms in total. The maximum atomic E-state index is 6.10. The second-order valence-corrected chi connectivity index (χ2v) is 5.16. The van der Waals surface area contributed by atoms with E-state index >= 15 is 0 Å². The van der Waals surface area contributed by atoms with Crippen molar-refractivity contribution >= 4 is 28.9 Å². The minimum atomic E-state index is 0.335. The molecule has 0 saturated heterocycles. The van der Waals surface area contributed by atoms with Crippen LogP contribution in [0.2, 0.25) is 5.15 Å². The number of thiocarbonyl (C=S) groups is 1. The average Bonchev–Trinajstić information content (AvgIpc) is 2.81. The van der Waals surface area contributed by atoms with Gasteiger partial charge in [-0.05, 0) is 36.7 Å². The van der Waals surface area contributed by atoms with Crippen molar-refractivity contribution in [3.05, 3.63) is 52.1 Å². The first kappa shape index (κ1) is 15.0. The molecule has 0 aliphatic carbocycles. The Balaban J connectivity index is 2.13. The molecule has 1 heterocycles. The predicted octanol–water partition coefficient (Wildman–Crippen LogP) is 3.93. The van der Waals surface area contributed by atoms with E-state index in [0.717, 1.165) is 12.2 Å². The van der Waals surface area contributed by atoms with Crippen LogP contribution in [0.4, 0.5) is 0 Å². The van der Waals surface area contributed by atoms with E-state index in [4.69, 9.17) is 28.6 Å². The Hall–Kier alpha value is -1.39. The van der Waals surface area contributed by atoms with Crippen molar-refractivity contribution in [3.63, 3.8) is 0 Å². The zero-order valence-electron chi connectivity index (χ0n) is 11.6. The molecule has 2 aromatic rings. The number of rotatable bonds is 5. The summed E-state index contributed by atoms with van der Waals surface area (Å²) in [5.74, 6) is 0.788. The van der Waals surface area contributed by atoms with Crippen LogP contribution in [-0.2, 0) is 17.6 Å². The molecule has 0 atom stereocenters. The van der Waals surface area contributed by atoms with Crippen LogP contribution in [0.25, 0.3) is 0 Å². The second kappa shape index (κ2) is 6.86. The maximum Gasteiger partial charge on any atom is 0.213 e. The van der Waals surface area contributed by atoms with Gasteiger partial charge in [-0.1, -0.05) is 42.8 Å². The number of aromatic nitrogens is 2. The van der Waals surface area contributed by atoms with E-state index in [-0.39, 0.29) is 0 Å². The Kier molecular flexibility index (Phi) is 5.15. The summed E-state index contributed by atoms with van der Waals surface area (Å²) in [6.07, 6.45) is 1.73. The summed E-state index contributed by atoms with van der Waals surface area (Å²) in [6, 6.07) is 8.48.